The monoisotopic (exact) mass is 467 g/mol. The molecule has 2 aromatic carbocycles. The van der Waals surface area contributed by atoms with Crippen molar-refractivity contribution < 1.29 is 37.7 Å². The fourth-order valence-corrected chi connectivity index (χ4v) is 3.95. The number of nitrogens with zero attached hydrogens (tertiary/aromatic N) is 1. The number of aryl methyl sites for hydroxylation is 1. The largest absolute Gasteiger partial charge is 0.586 e. The molecule has 1 unspecified atom stereocenters. The van der Waals surface area contributed by atoms with Gasteiger partial charge in [-0.2, -0.15) is 0 Å². The third kappa shape index (κ3) is 3.57. The van der Waals surface area contributed by atoms with Crippen molar-refractivity contribution in [2.45, 2.75) is 25.6 Å². The summed E-state index contributed by atoms with van der Waals surface area (Å²) in [7, 11) is 0. The summed E-state index contributed by atoms with van der Waals surface area (Å²) in [5, 5.41) is 14.0. The van der Waals surface area contributed by atoms with Gasteiger partial charge >= 0.3 is 6.29 Å². The number of aromatic nitrogens is 1. The standard InChI is InChI=1S/C24H18F2N2O6/c1-12-6-7-19(27-20(12)13-4-3-5-14(8-13)21(29)30)28-22(31)23(2)11-32-16-10-18-17(9-15(16)23)33-24(25,26)34-18/h3-10H,11H2,1-2H3,(H,29,30)(H,27,28,31)/p-1. The average Bonchev–Trinajstić information content (AvgIpc) is 3.28. The lowest BCUT2D eigenvalue weighted by Gasteiger charge is -2.22. The number of carboxylic acid groups (broad SMARTS) is 1. The molecule has 1 amide bonds. The molecule has 1 atom stereocenters. The molecule has 3 heterocycles. The van der Waals surface area contributed by atoms with Crippen LogP contribution in [0.2, 0.25) is 0 Å². The lowest BCUT2D eigenvalue weighted by molar-refractivity contribution is -0.286. The zero-order chi connectivity index (χ0) is 24.3. The van der Waals surface area contributed by atoms with E-state index in [9.17, 15) is 23.5 Å². The van der Waals surface area contributed by atoms with Crippen molar-refractivity contribution >= 4 is 17.7 Å². The van der Waals surface area contributed by atoms with Crippen LogP contribution in [0.1, 0.15) is 28.4 Å². The SMILES string of the molecule is Cc1ccc(NC(=O)C2(C)COc3cc4c(cc32)OC(F)(F)O4)nc1-c1cccc(C(=O)[O-])c1. The molecule has 34 heavy (non-hydrogen) atoms. The van der Waals surface area contributed by atoms with E-state index in [1.54, 1.807) is 38.1 Å². The molecule has 5 rings (SSSR count). The zero-order valence-corrected chi connectivity index (χ0v) is 18.0. The highest BCUT2D eigenvalue weighted by molar-refractivity contribution is 6.00. The van der Waals surface area contributed by atoms with E-state index in [1.807, 2.05) is 0 Å². The molecule has 2 aliphatic rings. The van der Waals surface area contributed by atoms with Gasteiger partial charge in [0.25, 0.3) is 0 Å². The number of nitrogens with one attached hydrogen (secondary N) is 1. The van der Waals surface area contributed by atoms with Gasteiger partial charge in [-0.15, -0.1) is 8.78 Å². The number of hydrogen-bond donors (Lipinski definition) is 1. The van der Waals surface area contributed by atoms with Gasteiger partial charge in [-0.3, -0.25) is 4.79 Å². The van der Waals surface area contributed by atoms with Crippen LogP contribution in [0.3, 0.4) is 0 Å². The number of carbonyl (C=O) groups is 2. The van der Waals surface area contributed by atoms with Crippen LogP contribution in [0.4, 0.5) is 14.6 Å². The second-order valence-electron chi connectivity index (χ2n) is 8.27. The summed E-state index contributed by atoms with van der Waals surface area (Å²) in [6, 6.07) is 12.1. The number of halogens is 2. The van der Waals surface area contributed by atoms with Gasteiger partial charge in [0.15, 0.2) is 11.5 Å². The fraction of sp³-hybridized carbons (Fsp3) is 0.208. The van der Waals surface area contributed by atoms with Crippen molar-refractivity contribution in [2.24, 2.45) is 0 Å². The zero-order valence-electron chi connectivity index (χ0n) is 18.0. The Bertz CT molecular complexity index is 1360. The van der Waals surface area contributed by atoms with Crippen LogP contribution in [-0.4, -0.2) is 29.8 Å². The highest BCUT2D eigenvalue weighted by atomic mass is 19.3. The van der Waals surface area contributed by atoms with E-state index in [2.05, 4.69) is 19.8 Å². The molecule has 2 aliphatic heterocycles. The number of pyridine rings is 1. The quantitative estimate of drug-likeness (QED) is 0.628. The van der Waals surface area contributed by atoms with E-state index in [1.165, 1.54) is 24.3 Å². The van der Waals surface area contributed by atoms with Crippen LogP contribution in [0, 0.1) is 6.92 Å². The second-order valence-corrected chi connectivity index (χ2v) is 8.27. The summed E-state index contributed by atoms with van der Waals surface area (Å²) < 4.78 is 41.4. The van der Waals surface area contributed by atoms with Crippen molar-refractivity contribution in [1.29, 1.82) is 0 Å². The maximum absolute atomic E-state index is 13.4. The molecule has 174 valence electrons. The first-order valence-electron chi connectivity index (χ1n) is 10.2. The summed E-state index contributed by atoms with van der Waals surface area (Å²) in [5.41, 5.74) is 0.962. The van der Waals surface area contributed by atoms with Gasteiger partial charge in [0, 0.05) is 17.2 Å². The van der Waals surface area contributed by atoms with Crippen molar-refractivity contribution in [1.82, 2.24) is 4.98 Å². The number of amides is 1. The Balaban J connectivity index is 1.44. The van der Waals surface area contributed by atoms with Crippen LogP contribution in [-0.2, 0) is 10.2 Å². The van der Waals surface area contributed by atoms with Crippen molar-refractivity contribution in [2.75, 3.05) is 11.9 Å². The topological polar surface area (TPSA) is 110 Å². The summed E-state index contributed by atoms with van der Waals surface area (Å²) in [4.78, 5) is 29.0. The number of fused-ring (bicyclic) bond motifs is 2. The number of carbonyl (C=O) groups excluding carboxylic acids is 2. The van der Waals surface area contributed by atoms with Gasteiger partial charge in [-0.1, -0.05) is 24.3 Å². The fourth-order valence-electron chi connectivity index (χ4n) is 3.95. The molecular formula is C24H17F2N2O6-. The predicted octanol–water partition coefficient (Wildman–Crippen LogP) is 3.03. The van der Waals surface area contributed by atoms with Gasteiger partial charge in [-0.05, 0) is 43.2 Å². The van der Waals surface area contributed by atoms with Gasteiger partial charge in [0.05, 0.1) is 11.7 Å². The molecule has 0 saturated carbocycles. The minimum Gasteiger partial charge on any atom is -0.545 e. The Labute approximate surface area is 192 Å². The molecule has 1 aromatic heterocycles. The van der Waals surface area contributed by atoms with E-state index >= 15 is 0 Å². The molecular weight excluding hydrogens is 450 g/mol. The average molecular weight is 467 g/mol. The molecule has 0 spiro atoms. The number of benzene rings is 2. The summed E-state index contributed by atoms with van der Waals surface area (Å²) in [6.45, 7) is 3.40. The molecule has 0 radical (unpaired) electrons. The first kappa shape index (κ1) is 21.6. The van der Waals surface area contributed by atoms with Crippen LogP contribution in [0.15, 0.2) is 48.5 Å². The maximum atomic E-state index is 13.4. The Hall–Kier alpha value is -4.21. The van der Waals surface area contributed by atoms with Gasteiger partial charge in [-0.25, -0.2) is 4.98 Å². The normalized spacial score (nSPS) is 19.3. The Morgan fingerprint density at radius 1 is 1.06 bits per heavy atom. The van der Waals surface area contributed by atoms with Gasteiger partial charge in [0.2, 0.25) is 5.91 Å². The molecule has 0 aliphatic carbocycles. The number of carboxylic acids is 1. The molecule has 0 saturated heterocycles. The van der Waals surface area contributed by atoms with Gasteiger partial charge in [0.1, 0.15) is 23.6 Å². The summed E-state index contributed by atoms with van der Waals surface area (Å²) in [6.07, 6.45) is -3.79. The number of anilines is 1. The highest BCUT2D eigenvalue weighted by Gasteiger charge is 2.49. The van der Waals surface area contributed by atoms with Crippen LogP contribution in [0.5, 0.6) is 17.2 Å². The molecule has 10 heteroatoms. The Morgan fingerprint density at radius 3 is 2.53 bits per heavy atom. The third-order valence-corrected chi connectivity index (χ3v) is 5.83. The first-order valence-corrected chi connectivity index (χ1v) is 10.2. The van der Waals surface area contributed by atoms with Crippen LogP contribution >= 0.6 is 0 Å². The Morgan fingerprint density at radius 2 is 1.79 bits per heavy atom. The smallest absolute Gasteiger partial charge is 0.545 e. The number of rotatable bonds is 4. The highest BCUT2D eigenvalue weighted by Crippen LogP contribution is 2.50. The summed E-state index contributed by atoms with van der Waals surface area (Å²) in [5.74, 6) is -1.66. The molecule has 0 bridgehead atoms. The van der Waals surface area contributed by atoms with Crippen molar-refractivity contribution in [3.63, 3.8) is 0 Å². The molecule has 3 aromatic rings. The van der Waals surface area contributed by atoms with E-state index in [0.29, 0.717) is 16.8 Å². The number of aromatic carboxylic acids is 1. The van der Waals surface area contributed by atoms with Gasteiger partial charge < -0.3 is 29.4 Å². The summed E-state index contributed by atoms with van der Waals surface area (Å²) >= 11 is 0. The van der Waals surface area contributed by atoms with E-state index in [4.69, 9.17) is 4.74 Å². The number of ether oxygens (including phenoxy) is 3. The first-order chi connectivity index (χ1) is 16.1. The van der Waals surface area contributed by atoms with E-state index < -0.39 is 23.6 Å². The lowest BCUT2D eigenvalue weighted by Crippen LogP contribution is -2.39. The molecule has 8 nitrogen and oxygen atoms in total. The molecule has 1 N–H and O–H groups in total. The van der Waals surface area contributed by atoms with Crippen LogP contribution in [0.25, 0.3) is 11.3 Å². The third-order valence-electron chi connectivity index (χ3n) is 5.83. The maximum Gasteiger partial charge on any atom is 0.586 e. The molecule has 0 fully saturated rings. The lowest BCUT2D eigenvalue weighted by atomic mass is 9.83. The Kier molecular flexibility index (Phi) is 4.71. The predicted molar refractivity (Wildman–Crippen MR) is 113 cm³/mol. The van der Waals surface area contributed by atoms with Crippen molar-refractivity contribution in [3.05, 3.63) is 65.2 Å². The number of hydrogen-bond acceptors (Lipinski definition) is 7. The van der Waals surface area contributed by atoms with E-state index in [-0.39, 0.29) is 35.2 Å². The van der Waals surface area contributed by atoms with Crippen molar-refractivity contribution in [3.8, 4) is 28.5 Å². The minimum atomic E-state index is -3.79. The number of alkyl halides is 2. The van der Waals surface area contributed by atoms with Crippen LogP contribution < -0.4 is 24.6 Å². The van der Waals surface area contributed by atoms with E-state index in [0.717, 1.165) is 5.56 Å². The second kappa shape index (κ2) is 7.41. The minimum absolute atomic E-state index is 0.00432.